The molecule has 2 aliphatic heterocycles. The van der Waals surface area contributed by atoms with Crippen molar-refractivity contribution in [2.24, 2.45) is 0 Å². The van der Waals surface area contributed by atoms with Gasteiger partial charge in [0.05, 0.1) is 36.8 Å². The first-order valence-electron chi connectivity index (χ1n) is 13.8. The Morgan fingerprint density at radius 2 is 1.85 bits per heavy atom. The summed E-state index contributed by atoms with van der Waals surface area (Å²) in [6.45, 7) is 8.03. The molecule has 3 aliphatic rings. The summed E-state index contributed by atoms with van der Waals surface area (Å²) >= 11 is 0. The highest BCUT2D eigenvalue weighted by Gasteiger charge is 2.32. The van der Waals surface area contributed by atoms with Gasteiger partial charge < -0.3 is 20.3 Å². The summed E-state index contributed by atoms with van der Waals surface area (Å²) in [5, 5.41) is 8.21. The van der Waals surface area contributed by atoms with Crippen LogP contribution < -0.4 is 25.3 Å². The van der Waals surface area contributed by atoms with Gasteiger partial charge in [-0.25, -0.2) is 15.0 Å². The van der Waals surface area contributed by atoms with Gasteiger partial charge in [-0.2, -0.15) is 0 Å². The predicted molar refractivity (Wildman–Crippen MR) is 156 cm³/mol. The van der Waals surface area contributed by atoms with Crippen LogP contribution in [0.15, 0.2) is 67.5 Å². The van der Waals surface area contributed by atoms with E-state index in [1.165, 1.54) is 30.8 Å². The molecule has 40 heavy (non-hydrogen) atoms. The fourth-order valence-electron chi connectivity index (χ4n) is 5.50. The third-order valence-corrected chi connectivity index (χ3v) is 7.71. The largest absolute Gasteiger partial charge is 0.494 e. The zero-order valence-electron chi connectivity index (χ0n) is 22.8. The number of nitrogens with zero attached hydrogens (tertiary/aromatic N) is 5. The number of carbonyl (C=O) groups is 1. The third-order valence-electron chi connectivity index (χ3n) is 7.71. The van der Waals surface area contributed by atoms with Gasteiger partial charge in [0.25, 0.3) is 0 Å². The number of methoxy groups -OCH3 is 1. The molecule has 3 aromatic rings. The van der Waals surface area contributed by atoms with Crippen LogP contribution in [0.2, 0.25) is 0 Å². The number of nitrogens with one attached hydrogen (secondary N) is 2. The van der Waals surface area contributed by atoms with E-state index in [9.17, 15) is 4.79 Å². The highest BCUT2D eigenvalue weighted by atomic mass is 16.7. The maximum absolute atomic E-state index is 12.4. The van der Waals surface area contributed by atoms with Gasteiger partial charge in [-0.15, -0.1) is 0 Å². The average Bonchev–Trinajstić information content (AvgIpc) is 3.73. The van der Waals surface area contributed by atoms with Crippen LogP contribution in [-0.2, 0) is 9.63 Å². The number of aromatic nitrogens is 2. The van der Waals surface area contributed by atoms with E-state index in [0.717, 1.165) is 44.3 Å². The summed E-state index contributed by atoms with van der Waals surface area (Å²) in [4.78, 5) is 32.2. The molecule has 2 N–H and O–H groups in total. The molecule has 1 amide bonds. The Morgan fingerprint density at radius 1 is 1.05 bits per heavy atom. The van der Waals surface area contributed by atoms with E-state index in [1.807, 2.05) is 41.5 Å². The molecule has 1 saturated carbocycles. The van der Waals surface area contributed by atoms with Gasteiger partial charge in [0.15, 0.2) is 5.82 Å². The van der Waals surface area contributed by atoms with Crippen molar-refractivity contribution in [3.05, 3.63) is 73.1 Å². The number of benzene rings is 2. The molecule has 2 saturated heterocycles. The van der Waals surface area contributed by atoms with E-state index < -0.39 is 0 Å². The van der Waals surface area contributed by atoms with E-state index in [-0.39, 0.29) is 11.9 Å². The number of hydroxylamine groups is 1. The maximum atomic E-state index is 12.4. The number of hydrogen-bond donors (Lipinski definition) is 2. The number of carbonyl (C=O) groups excluding carboxylic acids is 1. The predicted octanol–water partition coefficient (Wildman–Crippen LogP) is 4.52. The van der Waals surface area contributed by atoms with E-state index in [2.05, 4.69) is 49.1 Å². The van der Waals surface area contributed by atoms with Crippen molar-refractivity contribution in [3.8, 4) is 5.75 Å². The number of rotatable bonds is 9. The molecule has 1 atom stereocenters. The van der Waals surface area contributed by atoms with Crippen LogP contribution in [0.3, 0.4) is 0 Å². The number of piperazine rings is 1. The fourth-order valence-corrected chi connectivity index (χ4v) is 5.50. The van der Waals surface area contributed by atoms with Gasteiger partial charge in [0.1, 0.15) is 17.9 Å². The molecule has 3 heterocycles. The zero-order chi connectivity index (χ0) is 27.5. The quantitative estimate of drug-likeness (QED) is 0.379. The topological polar surface area (TPSA) is 95.1 Å². The van der Waals surface area contributed by atoms with Crippen molar-refractivity contribution in [2.75, 3.05) is 60.5 Å². The second kappa shape index (κ2) is 11.5. The van der Waals surface area contributed by atoms with Gasteiger partial charge in [0, 0.05) is 50.8 Å². The number of hydrogen-bond acceptors (Lipinski definition) is 9. The van der Waals surface area contributed by atoms with Crippen molar-refractivity contribution < 1.29 is 14.4 Å². The number of anilines is 5. The number of ether oxygens (including phenoxy) is 1. The smallest absolute Gasteiger partial charge is 0.247 e. The van der Waals surface area contributed by atoms with Crippen molar-refractivity contribution in [3.63, 3.8) is 0 Å². The summed E-state index contributed by atoms with van der Waals surface area (Å²) in [6.07, 6.45) is 6.27. The highest BCUT2D eigenvalue weighted by molar-refractivity contribution is 6.02. The molecular weight excluding hydrogens is 506 g/mol. The van der Waals surface area contributed by atoms with Gasteiger partial charge in [0.2, 0.25) is 5.91 Å². The lowest BCUT2D eigenvalue weighted by atomic mass is 10.0. The Labute approximate surface area is 234 Å². The monoisotopic (exact) mass is 541 g/mol. The summed E-state index contributed by atoms with van der Waals surface area (Å²) in [5.41, 5.74) is 3.46. The van der Waals surface area contributed by atoms with E-state index in [0.29, 0.717) is 35.4 Å². The Balaban J connectivity index is 1.26. The van der Waals surface area contributed by atoms with Crippen LogP contribution in [0.1, 0.15) is 30.9 Å². The Morgan fingerprint density at radius 3 is 2.58 bits per heavy atom. The fraction of sp³-hybridized carbons (Fsp3) is 0.367. The molecular formula is C30H35N7O3. The van der Waals surface area contributed by atoms with Gasteiger partial charge in [-0.05, 0) is 30.5 Å². The minimum atomic E-state index is -0.267. The van der Waals surface area contributed by atoms with Crippen LogP contribution in [-0.4, -0.2) is 66.7 Å². The standard InChI is InChI=1S/C30H35N7O3/c1-3-30(38)34-23-17-24(27(39-2)18-26(23)36-14-12-35(13-15-36)22-9-10-22)33-28-19-29(32-20-31-28)37-25(11-16-40-37)21-7-5-4-6-8-21/h3-8,17-20,22,25H,1,9-16H2,2H3,(H,34,38)(H,31,32,33). The summed E-state index contributed by atoms with van der Waals surface area (Å²) in [5.74, 6) is 1.62. The van der Waals surface area contributed by atoms with E-state index >= 15 is 0 Å². The van der Waals surface area contributed by atoms with Crippen molar-refractivity contribution in [1.82, 2.24) is 14.9 Å². The van der Waals surface area contributed by atoms with Crippen LogP contribution in [0.5, 0.6) is 5.75 Å². The summed E-state index contributed by atoms with van der Waals surface area (Å²) in [7, 11) is 1.64. The minimum absolute atomic E-state index is 0.0684. The second-order valence-electron chi connectivity index (χ2n) is 10.3. The first-order chi connectivity index (χ1) is 19.6. The Kier molecular flexibility index (Phi) is 7.52. The van der Waals surface area contributed by atoms with Crippen molar-refractivity contribution >= 4 is 34.6 Å². The molecule has 0 spiro atoms. The molecule has 2 aromatic carbocycles. The first kappa shape index (κ1) is 26.1. The van der Waals surface area contributed by atoms with Gasteiger partial charge in [-0.1, -0.05) is 36.9 Å². The van der Waals surface area contributed by atoms with Crippen LogP contribution in [0.25, 0.3) is 0 Å². The normalized spacial score (nSPS) is 19.4. The molecule has 10 heteroatoms. The molecule has 1 aliphatic carbocycles. The van der Waals surface area contributed by atoms with E-state index in [1.54, 1.807) is 7.11 Å². The third kappa shape index (κ3) is 5.59. The van der Waals surface area contributed by atoms with Gasteiger partial charge in [-0.3, -0.25) is 14.5 Å². The molecule has 0 bridgehead atoms. The van der Waals surface area contributed by atoms with Crippen molar-refractivity contribution in [1.29, 1.82) is 0 Å². The minimum Gasteiger partial charge on any atom is -0.494 e. The molecule has 1 unspecified atom stereocenters. The van der Waals surface area contributed by atoms with Crippen LogP contribution in [0.4, 0.5) is 28.7 Å². The average molecular weight is 542 g/mol. The first-order valence-corrected chi connectivity index (χ1v) is 13.8. The van der Waals surface area contributed by atoms with Gasteiger partial charge >= 0.3 is 0 Å². The maximum Gasteiger partial charge on any atom is 0.247 e. The lowest BCUT2D eigenvalue weighted by Crippen LogP contribution is -2.47. The van der Waals surface area contributed by atoms with Crippen LogP contribution >= 0.6 is 0 Å². The number of amides is 1. The van der Waals surface area contributed by atoms with Crippen molar-refractivity contribution in [2.45, 2.75) is 31.3 Å². The SMILES string of the molecule is C=CC(=O)Nc1cc(Nc2cc(N3OCCC3c3ccccc3)ncn2)c(OC)cc1N1CCN(C2CC2)CC1. The molecule has 10 nitrogen and oxygen atoms in total. The molecule has 1 aromatic heterocycles. The summed E-state index contributed by atoms with van der Waals surface area (Å²) in [6, 6.07) is 16.8. The molecule has 3 fully saturated rings. The Bertz CT molecular complexity index is 1360. The highest BCUT2D eigenvalue weighted by Crippen LogP contribution is 2.40. The molecule has 0 radical (unpaired) electrons. The van der Waals surface area contributed by atoms with E-state index in [4.69, 9.17) is 9.57 Å². The lowest BCUT2D eigenvalue weighted by molar-refractivity contribution is -0.111. The Hall–Kier alpha value is -4.15. The second-order valence-corrected chi connectivity index (χ2v) is 10.3. The lowest BCUT2D eigenvalue weighted by Gasteiger charge is -2.37. The zero-order valence-corrected chi connectivity index (χ0v) is 22.8. The molecule has 6 rings (SSSR count). The van der Waals surface area contributed by atoms with Crippen LogP contribution in [0, 0.1) is 0 Å². The molecule has 208 valence electrons. The summed E-state index contributed by atoms with van der Waals surface area (Å²) < 4.78 is 5.80.